The van der Waals surface area contributed by atoms with Crippen molar-refractivity contribution >= 4 is 17.3 Å². The van der Waals surface area contributed by atoms with Gasteiger partial charge in [-0.1, -0.05) is 0 Å². The number of methoxy groups -OCH3 is 1. The Labute approximate surface area is 101 Å². The number of benzene rings is 1. The van der Waals surface area contributed by atoms with Crippen molar-refractivity contribution in [2.24, 2.45) is 0 Å². The van der Waals surface area contributed by atoms with E-state index in [0.29, 0.717) is 0 Å². The fourth-order valence-electron chi connectivity index (χ4n) is 1.27. The van der Waals surface area contributed by atoms with Gasteiger partial charge in [0.2, 0.25) is 0 Å². The van der Waals surface area contributed by atoms with Crippen LogP contribution in [-0.2, 0) is 4.74 Å². The number of nitro benzene ring substituents is 1. The number of nitrogens with zero attached hydrogens (tertiary/aromatic N) is 1. The van der Waals surface area contributed by atoms with Crippen molar-refractivity contribution in [2.45, 2.75) is 6.43 Å². The molecule has 0 saturated carbocycles. The highest BCUT2D eigenvalue weighted by Crippen LogP contribution is 2.25. The lowest BCUT2D eigenvalue weighted by Gasteiger charge is -2.07. The van der Waals surface area contributed by atoms with Gasteiger partial charge >= 0.3 is 5.97 Å². The van der Waals surface area contributed by atoms with Gasteiger partial charge < -0.3 is 10.1 Å². The van der Waals surface area contributed by atoms with Gasteiger partial charge in [-0.3, -0.25) is 10.1 Å². The number of nitrogens with one attached hydrogen (secondary N) is 1. The van der Waals surface area contributed by atoms with E-state index in [2.05, 4.69) is 10.1 Å². The van der Waals surface area contributed by atoms with Crippen LogP contribution in [-0.4, -0.2) is 31.0 Å². The molecular formula is C10H10F2N2O4. The molecule has 0 bridgehead atoms. The Morgan fingerprint density at radius 2 is 2.22 bits per heavy atom. The summed E-state index contributed by atoms with van der Waals surface area (Å²) in [5, 5.41) is 12.9. The summed E-state index contributed by atoms with van der Waals surface area (Å²) in [7, 11) is 1.15. The van der Waals surface area contributed by atoms with E-state index >= 15 is 0 Å². The quantitative estimate of drug-likeness (QED) is 0.498. The minimum absolute atomic E-state index is 0.0415. The zero-order chi connectivity index (χ0) is 13.7. The van der Waals surface area contributed by atoms with E-state index in [1.807, 2.05) is 0 Å². The van der Waals surface area contributed by atoms with Crippen molar-refractivity contribution < 1.29 is 23.2 Å². The summed E-state index contributed by atoms with van der Waals surface area (Å²) in [5.41, 5.74) is -0.494. The van der Waals surface area contributed by atoms with Gasteiger partial charge in [0.15, 0.2) is 0 Å². The van der Waals surface area contributed by atoms with Crippen molar-refractivity contribution in [3.05, 3.63) is 33.9 Å². The van der Waals surface area contributed by atoms with Gasteiger partial charge in [-0.15, -0.1) is 0 Å². The van der Waals surface area contributed by atoms with E-state index < -0.39 is 23.9 Å². The van der Waals surface area contributed by atoms with Gasteiger partial charge in [0, 0.05) is 6.07 Å². The van der Waals surface area contributed by atoms with Gasteiger partial charge in [-0.2, -0.15) is 0 Å². The number of halogens is 2. The lowest BCUT2D eigenvalue weighted by molar-refractivity contribution is -0.384. The zero-order valence-electron chi connectivity index (χ0n) is 9.35. The molecule has 8 heteroatoms. The molecule has 0 spiro atoms. The average Bonchev–Trinajstić information content (AvgIpc) is 2.34. The van der Waals surface area contributed by atoms with Crippen LogP contribution in [0.25, 0.3) is 0 Å². The summed E-state index contributed by atoms with van der Waals surface area (Å²) in [4.78, 5) is 21.2. The van der Waals surface area contributed by atoms with E-state index in [9.17, 15) is 23.7 Å². The number of hydrogen-bond donors (Lipinski definition) is 1. The minimum atomic E-state index is -2.66. The van der Waals surface area contributed by atoms with Crippen molar-refractivity contribution in [1.82, 2.24) is 0 Å². The lowest BCUT2D eigenvalue weighted by atomic mass is 10.1. The Bertz CT molecular complexity index is 465. The van der Waals surface area contributed by atoms with Crippen LogP contribution >= 0.6 is 0 Å². The smallest absolute Gasteiger partial charge is 0.337 e. The molecule has 1 aromatic rings. The summed E-state index contributed by atoms with van der Waals surface area (Å²) in [6.07, 6.45) is -2.66. The first-order valence-electron chi connectivity index (χ1n) is 4.84. The summed E-state index contributed by atoms with van der Waals surface area (Å²) < 4.78 is 28.5. The minimum Gasteiger partial charge on any atom is -0.465 e. The second kappa shape index (κ2) is 5.89. The second-order valence-electron chi connectivity index (χ2n) is 3.25. The third-order valence-corrected chi connectivity index (χ3v) is 2.06. The van der Waals surface area contributed by atoms with E-state index in [1.165, 1.54) is 6.07 Å². The highest BCUT2D eigenvalue weighted by molar-refractivity contribution is 5.91. The van der Waals surface area contributed by atoms with Gasteiger partial charge in [0.05, 0.1) is 24.1 Å². The molecule has 0 unspecified atom stereocenters. The number of carbonyl (C=O) groups excluding carboxylic acids is 1. The monoisotopic (exact) mass is 260 g/mol. The largest absolute Gasteiger partial charge is 0.465 e. The molecule has 1 rings (SSSR count). The van der Waals surface area contributed by atoms with Crippen molar-refractivity contribution in [3.8, 4) is 0 Å². The highest BCUT2D eigenvalue weighted by Gasteiger charge is 2.17. The van der Waals surface area contributed by atoms with Crippen molar-refractivity contribution in [3.63, 3.8) is 0 Å². The molecule has 0 aliphatic heterocycles. The predicted octanol–water partition coefficient (Wildman–Crippen LogP) is 2.06. The molecule has 0 saturated heterocycles. The summed E-state index contributed by atoms with van der Waals surface area (Å²) >= 11 is 0. The van der Waals surface area contributed by atoms with Crippen LogP contribution in [0.15, 0.2) is 18.2 Å². The Kier molecular flexibility index (Phi) is 4.52. The Morgan fingerprint density at radius 1 is 1.56 bits per heavy atom. The number of ether oxygens (including phenoxy) is 1. The van der Waals surface area contributed by atoms with Gasteiger partial charge in [0.1, 0.15) is 5.69 Å². The van der Waals surface area contributed by atoms with Crippen LogP contribution in [0.2, 0.25) is 0 Å². The standard InChI is InChI=1S/C10H10F2N2O4/c1-18-10(15)6-2-3-8(14(16)17)7(4-6)13-5-9(11)12/h2-4,9,13H,5H2,1H3. The SMILES string of the molecule is COC(=O)c1ccc([N+](=O)[O-])c(NCC(F)F)c1. The molecule has 1 aromatic carbocycles. The van der Waals surface area contributed by atoms with Crippen LogP contribution in [0.5, 0.6) is 0 Å². The van der Waals surface area contributed by atoms with E-state index in [4.69, 9.17) is 0 Å². The lowest BCUT2D eigenvalue weighted by Crippen LogP contribution is -2.12. The Balaban J connectivity index is 3.07. The second-order valence-corrected chi connectivity index (χ2v) is 3.25. The molecule has 0 amide bonds. The fourth-order valence-corrected chi connectivity index (χ4v) is 1.27. The molecule has 18 heavy (non-hydrogen) atoms. The van der Waals surface area contributed by atoms with Crippen molar-refractivity contribution in [2.75, 3.05) is 19.0 Å². The number of nitro groups is 1. The first-order valence-corrected chi connectivity index (χ1v) is 4.84. The van der Waals surface area contributed by atoms with Crippen LogP contribution < -0.4 is 5.32 Å². The molecule has 0 aromatic heterocycles. The molecule has 6 nitrogen and oxygen atoms in total. The van der Waals surface area contributed by atoms with E-state index in [1.54, 1.807) is 0 Å². The maximum Gasteiger partial charge on any atom is 0.337 e. The number of alkyl halides is 2. The molecule has 0 heterocycles. The Hall–Kier alpha value is -2.25. The highest BCUT2D eigenvalue weighted by atomic mass is 19.3. The van der Waals surface area contributed by atoms with E-state index in [0.717, 1.165) is 19.2 Å². The molecule has 0 atom stereocenters. The number of esters is 1. The van der Waals surface area contributed by atoms with Gasteiger partial charge in [-0.05, 0) is 12.1 Å². The molecule has 0 radical (unpaired) electrons. The van der Waals surface area contributed by atoms with E-state index in [-0.39, 0.29) is 16.9 Å². The van der Waals surface area contributed by atoms with Crippen molar-refractivity contribution in [1.29, 1.82) is 0 Å². The third-order valence-electron chi connectivity index (χ3n) is 2.06. The van der Waals surface area contributed by atoms with Gasteiger partial charge in [0.25, 0.3) is 12.1 Å². The number of rotatable bonds is 5. The third kappa shape index (κ3) is 3.37. The maximum atomic E-state index is 12.1. The molecule has 0 aliphatic carbocycles. The number of carbonyl (C=O) groups is 1. The van der Waals surface area contributed by atoms with Crippen LogP contribution in [0.4, 0.5) is 20.2 Å². The first-order chi connectivity index (χ1) is 8.45. The average molecular weight is 260 g/mol. The predicted molar refractivity (Wildman–Crippen MR) is 58.9 cm³/mol. The number of hydrogen-bond acceptors (Lipinski definition) is 5. The molecule has 0 fully saturated rings. The normalized spacial score (nSPS) is 10.2. The maximum absolute atomic E-state index is 12.1. The summed E-state index contributed by atoms with van der Waals surface area (Å²) in [6, 6.07) is 3.35. The summed E-state index contributed by atoms with van der Waals surface area (Å²) in [5.74, 6) is -0.704. The zero-order valence-corrected chi connectivity index (χ0v) is 9.35. The molecule has 98 valence electrons. The first kappa shape index (κ1) is 13.8. The Morgan fingerprint density at radius 3 is 2.72 bits per heavy atom. The van der Waals surface area contributed by atoms with Crippen LogP contribution in [0.3, 0.4) is 0 Å². The topological polar surface area (TPSA) is 81.5 Å². The molecular weight excluding hydrogens is 250 g/mol. The van der Waals surface area contributed by atoms with Crippen LogP contribution in [0.1, 0.15) is 10.4 Å². The number of anilines is 1. The van der Waals surface area contributed by atoms with Gasteiger partial charge in [-0.25, -0.2) is 13.6 Å². The molecule has 1 N–H and O–H groups in total. The molecule has 0 aliphatic rings. The fraction of sp³-hybridized carbons (Fsp3) is 0.300. The van der Waals surface area contributed by atoms with Crippen LogP contribution in [0, 0.1) is 10.1 Å². The summed E-state index contributed by atoms with van der Waals surface area (Å²) in [6.45, 7) is -0.745.